The van der Waals surface area contributed by atoms with Gasteiger partial charge in [0.15, 0.2) is 12.1 Å². The molecule has 4 heterocycles. The van der Waals surface area contributed by atoms with Gasteiger partial charge >= 0.3 is 12.1 Å². The molecule has 3 aliphatic rings. The van der Waals surface area contributed by atoms with Crippen molar-refractivity contribution in [2.75, 3.05) is 26.2 Å². The van der Waals surface area contributed by atoms with E-state index in [1.165, 1.54) is 11.3 Å². The Kier molecular flexibility index (Phi) is 8.62. The lowest BCUT2D eigenvalue weighted by molar-refractivity contribution is -0.938. The molecule has 0 aliphatic carbocycles. The van der Waals surface area contributed by atoms with E-state index in [9.17, 15) is 14.4 Å². The molecule has 3 saturated heterocycles. The number of ketones is 1. The fourth-order valence-electron chi connectivity index (χ4n) is 4.94. The normalized spacial score (nSPS) is 24.1. The lowest BCUT2D eigenvalue weighted by Crippen LogP contribution is -3.00. The number of halogens is 1. The van der Waals surface area contributed by atoms with Gasteiger partial charge in [0.2, 0.25) is 5.78 Å². The van der Waals surface area contributed by atoms with E-state index in [4.69, 9.17) is 9.47 Å². The summed E-state index contributed by atoms with van der Waals surface area (Å²) >= 11 is 1.38. The largest absolute Gasteiger partial charge is 1.00 e. The molecule has 1 aromatic carbocycles. The summed E-state index contributed by atoms with van der Waals surface area (Å²) in [5, 5.41) is 4.55. The number of alkyl carbamates (subject to hydrolysis) is 1. The summed E-state index contributed by atoms with van der Waals surface area (Å²) in [6.45, 7) is 8.20. The number of nitrogens with one attached hydrogen (secondary N) is 1. The molecule has 3 fully saturated rings. The average molecular weight is 521 g/mol. The fraction of sp³-hybridized carbons (Fsp3) is 0.500. The van der Waals surface area contributed by atoms with Gasteiger partial charge in [0, 0.05) is 29.2 Å². The van der Waals surface area contributed by atoms with Crippen LogP contribution in [0.4, 0.5) is 4.79 Å². The molecule has 5 rings (SSSR count). The van der Waals surface area contributed by atoms with Crippen LogP contribution in [0.3, 0.4) is 0 Å². The number of hydrogen-bond acceptors (Lipinski definition) is 6. The zero-order chi connectivity index (χ0) is 24.3. The molecular formula is C26H33ClN2O5S. The number of hydrogen-bond donors (Lipinski definition) is 1. The smallest absolute Gasteiger partial charge is 0.408 e. The van der Waals surface area contributed by atoms with Gasteiger partial charge in [0.1, 0.15) is 18.7 Å². The summed E-state index contributed by atoms with van der Waals surface area (Å²) in [7, 11) is 0. The zero-order valence-corrected chi connectivity index (χ0v) is 21.9. The van der Waals surface area contributed by atoms with Crippen LogP contribution in [-0.2, 0) is 14.3 Å². The Bertz CT molecular complexity index is 1010. The first kappa shape index (κ1) is 27.2. The summed E-state index contributed by atoms with van der Waals surface area (Å²) in [5.41, 5.74) is 0.0432. The van der Waals surface area contributed by atoms with E-state index in [1.54, 1.807) is 26.8 Å². The number of nitrogens with zero attached hydrogens (tertiary/aromatic N) is 1. The van der Waals surface area contributed by atoms with E-state index in [-0.39, 0.29) is 30.2 Å². The van der Waals surface area contributed by atoms with Crippen LogP contribution in [0.2, 0.25) is 0 Å². The highest BCUT2D eigenvalue weighted by molar-refractivity contribution is 7.10. The van der Waals surface area contributed by atoms with Crippen molar-refractivity contribution in [3.05, 3.63) is 58.3 Å². The lowest BCUT2D eigenvalue weighted by Gasteiger charge is -2.51. The highest BCUT2D eigenvalue weighted by Crippen LogP contribution is 2.36. The molecule has 190 valence electrons. The molecule has 1 aromatic heterocycles. The number of rotatable bonds is 7. The van der Waals surface area contributed by atoms with Crippen LogP contribution >= 0.6 is 11.3 Å². The minimum Gasteiger partial charge on any atom is -1.00 e. The van der Waals surface area contributed by atoms with Gasteiger partial charge in [-0.2, -0.15) is 0 Å². The number of fused-ring (bicyclic) bond motifs is 3. The molecule has 2 atom stereocenters. The van der Waals surface area contributed by atoms with E-state index >= 15 is 0 Å². The van der Waals surface area contributed by atoms with Crippen LogP contribution in [0.25, 0.3) is 0 Å². The Hall–Kier alpha value is -2.42. The van der Waals surface area contributed by atoms with Gasteiger partial charge in [0.25, 0.3) is 0 Å². The minimum absolute atomic E-state index is 0. The fourth-order valence-corrected chi connectivity index (χ4v) is 5.70. The minimum atomic E-state index is -0.926. The monoisotopic (exact) mass is 520 g/mol. The Labute approximate surface area is 216 Å². The summed E-state index contributed by atoms with van der Waals surface area (Å²) in [5.74, 6) is -0.0880. The first-order chi connectivity index (χ1) is 16.1. The Balaban J connectivity index is 0.00000342. The second-order valence-corrected chi connectivity index (χ2v) is 11.3. The van der Waals surface area contributed by atoms with Crippen molar-refractivity contribution in [2.24, 2.45) is 5.92 Å². The van der Waals surface area contributed by atoms with Gasteiger partial charge in [-0.3, -0.25) is 4.79 Å². The number of carbonyl (C=O) groups is 3. The van der Waals surface area contributed by atoms with Crippen molar-refractivity contribution in [1.29, 1.82) is 0 Å². The van der Waals surface area contributed by atoms with Gasteiger partial charge in [-0.25, -0.2) is 9.59 Å². The van der Waals surface area contributed by atoms with E-state index in [2.05, 4.69) is 5.32 Å². The summed E-state index contributed by atoms with van der Waals surface area (Å²) in [4.78, 5) is 39.3. The van der Waals surface area contributed by atoms with Crippen molar-refractivity contribution in [1.82, 2.24) is 5.32 Å². The zero-order valence-electron chi connectivity index (χ0n) is 20.4. The number of quaternary nitrogens is 1. The van der Waals surface area contributed by atoms with Crippen LogP contribution in [0.1, 0.15) is 54.9 Å². The number of esters is 1. The maximum absolute atomic E-state index is 13.3. The number of Topliss-reactive ketones (excluding diaryl/α,β-unsaturated/α-hetero) is 1. The van der Waals surface area contributed by atoms with E-state index in [0.717, 1.165) is 31.5 Å². The first-order valence-corrected chi connectivity index (χ1v) is 12.7. The van der Waals surface area contributed by atoms with Crippen molar-refractivity contribution in [2.45, 2.75) is 51.4 Å². The summed E-state index contributed by atoms with van der Waals surface area (Å²) < 4.78 is 12.0. The molecule has 7 nitrogen and oxygen atoms in total. The molecule has 1 N–H and O–H groups in total. The summed E-state index contributed by atoms with van der Waals surface area (Å²) in [6, 6.07) is 12.1. The Morgan fingerprint density at radius 3 is 2.37 bits per heavy atom. The molecule has 35 heavy (non-hydrogen) atoms. The third-order valence-electron chi connectivity index (χ3n) is 6.61. The maximum Gasteiger partial charge on any atom is 0.408 e. The molecule has 2 aromatic rings. The molecular weight excluding hydrogens is 488 g/mol. The predicted octanol–water partition coefficient (Wildman–Crippen LogP) is 1.35. The molecule has 0 saturated carbocycles. The topological polar surface area (TPSA) is 81.7 Å². The second kappa shape index (κ2) is 11.1. The van der Waals surface area contributed by atoms with Gasteiger partial charge in [-0.1, -0.05) is 36.4 Å². The predicted molar refractivity (Wildman–Crippen MR) is 130 cm³/mol. The summed E-state index contributed by atoms with van der Waals surface area (Å²) in [6.07, 6.45) is 0.905. The molecule has 2 bridgehead atoms. The molecule has 1 amide bonds. The van der Waals surface area contributed by atoms with Crippen molar-refractivity contribution >= 4 is 29.2 Å². The highest BCUT2D eigenvalue weighted by Gasteiger charge is 2.49. The van der Waals surface area contributed by atoms with Gasteiger partial charge in [-0.15, -0.1) is 11.3 Å². The second-order valence-electron chi connectivity index (χ2n) is 10.3. The number of benzene rings is 1. The third kappa shape index (κ3) is 6.84. The van der Waals surface area contributed by atoms with Gasteiger partial charge in [-0.05, 0) is 32.2 Å². The van der Waals surface area contributed by atoms with E-state index < -0.39 is 23.7 Å². The van der Waals surface area contributed by atoms with Crippen molar-refractivity contribution < 1.29 is 40.7 Å². The number of thiophene rings is 1. The lowest BCUT2D eigenvalue weighted by atomic mass is 9.82. The molecule has 0 spiro atoms. The van der Waals surface area contributed by atoms with Crippen LogP contribution in [-0.4, -0.2) is 60.2 Å². The molecule has 3 aliphatic heterocycles. The Morgan fingerprint density at radius 2 is 1.77 bits per heavy atom. The van der Waals surface area contributed by atoms with Gasteiger partial charge < -0.3 is 31.7 Å². The van der Waals surface area contributed by atoms with Crippen molar-refractivity contribution in [3.63, 3.8) is 0 Å². The SMILES string of the molecule is CC(C)(C)OC(=O)NC(C(=O)O[C@H]1C[N+]2(CC(=O)c3ccccc3)CCC1CC2)c1cccs1.[Cl-]. The molecule has 1 unspecified atom stereocenters. The van der Waals surface area contributed by atoms with Crippen molar-refractivity contribution in [3.8, 4) is 0 Å². The van der Waals surface area contributed by atoms with Gasteiger partial charge in [0.05, 0.1) is 13.1 Å². The van der Waals surface area contributed by atoms with Crippen LogP contribution in [0.15, 0.2) is 47.8 Å². The number of amides is 1. The van der Waals surface area contributed by atoms with Crippen LogP contribution < -0.4 is 17.7 Å². The number of ether oxygens (including phenoxy) is 2. The average Bonchev–Trinajstić information content (AvgIpc) is 3.32. The Morgan fingerprint density at radius 1 is 1.09 bits per heavy atom. The van der Waals surface area contributed by atoms with Crippen LogP contribution in [0, 0.1) is 5.92 Å². The van der Waals surface area contributed by atoms with Crippen LogP contribution in [0.5, 0.6) is 0 Å². The number of carbonyl (C=O) groups excluding carboxylic acids is 3. The first-order valence-electron chi connectivity index (χ1n) is 11.8. The molecule has 9 heteroatoms. The van der Waals surface area contributed by atoms with E-state index in [0.29, 0.717) is 22.4 Å². The maximum atomic E-state index is 13.3. The third-order valence-corrected chi connectivity index (χ3v) is 7.55. The molecule has 0 radical (unpaired) electrons. The van der Waals surface area contributed by atoms with E-state index in [1.807, 2.05) is 41.8 Å². The quantitative estimate of drug-likeness (QED) is 0.339. The number of piperidine rings is 3. The highest BCUT2D eigenvalue weighted by atomic mass is 35.5. The standard InChI is InChI=1S/C26H32N2O5S.ClH/c1-26(2,3)33-25(31)27-23(22-10-7-15-34-22)24(30)32-21-17-28(13-11-19(21)12-14-28)16-20(29)18-8-5-4-6-9-18;/h4-10,15,19,21,23H,11-14,16-17H2,1-3H3;1H/t19?,21-,23?,28?;/m0./s1.